The Labute approximate surface area is 211 Å². The molecule has 0 fully saturated rings. The lowest BCUT2D eigenvalue weighted by molar-refractivity contribution is -0.143. The minimum atomic E-state index is -4.55. The van der Waals surface area contributed by atoms with Crippen LogP contribution in [0.5, 0.6) is 0 Å². The van der Waals surface area contributed by atoms with Gasteiger partial charge in [0, 0.05) is 36.8 Å². The number of aliphatic carboxylic acids is 1. The Balaban J connectivity index is 1.54. The maximum absolute atomic E-state index is 13.1. The number of carboxylic acid groups (broad SMARTS) is 1. The monoisotopic (exact) mass is 506 g/mol. The van der Waals surface area contributed by atoms with Crippen LogP contribution in [0, 0.1) is 0 Å². The summed E-state index contributed by atoms with van der Waals surface area (Å²) >= 11 is 0. The number of hydrogen-bond acceptors (Lipinski definition) is 4. The lowest BCUT2D eigenvalue weighted by atomic mass is 9.77. The van der Waals surface area contributed by atoms with Crippen LogP contribution in [0.2, 0.25) is 0 Å². The summed E-state index contributed by atoms with van der Waals surface area (Å²) in [4.78, 5) is 25.7. The highest BCUT2D eigenvalue weighted by Gasteiger charge is 2.47. The Hall–Kier alpha value is -4.01. The zero-order chi connectivity index (χ0) is 26.5. The van der Waals surface area contributed by atoms with Crippen LogP contribution in [-0.4, -0.2) is 30.6 Å². The fourth-order valence-corrected chi connectivity index (χ4v) is 5.18. The van der Waals surface area contributed by atoms with Crippen molar-refractivity contribution >= 4 is 5.97 Å². The number of nitrogens with zero attached hydrogens (tertiary/aromatic N) is 4. The lowest BCUT2D eigenvalue weighted by Crippen LogP contribution is -2.36. The van der Waals surface area contributed by atoms with E-state index in [1.165, 1.54) is 11.6 Å². The van der Waals surface area contributed by atoms with Gasteiger partial charge in [-0.2, -0.15) is 13.2 Å². The van der Waals surface area contributed by atoms with Crippen molar-refractivity contribution in [3.05, 3.63) is 89.1 Å². The molecule has 5 rings (SSSR count). The molecule has 0 amide bonds. The van der Waals surface area contributed by atoms with Gasteiger partial charge in [0.1, 0.15) is 11.2 Å². The first-order chi connectivity index (χ1) is 17.5. The summed E-state index contributed by atoms with van der Waals surface area (Å²) in [7, 11) is 1.50. The third kappa shape index (κ3) is 4.18. The average Bonchev–Trinajstić information content (AvgIpc) is 3.46. The molecule has 3 heterocycles. The molecule has 0 saturated heterocycles. The molecule has 0 spiro atoms. The molecular formula is C28H25F3N4O2. The number of benzene rings is 1. The van der Waals surface area contributed by atoms with E-state index in [0.29, 0.717) is 11.1 Å². The summed E-state index contributed by atoms with van der Waals surface area (Å²) in [6, 6.07) is 12.3. The normalized spacial score (nSPS) is 17.3. The van der Waals surface area contributed by atoms with Gasteiger partial charge in [0.25, 0.3) is 0 Å². The van der Waals surface area contributed by atoms with E-state index < -0.39 is 23.3 Å². The first-order valence-electron chi connectivity index (χ1n) is 11.9. The quantitative estimate of drug-likeness (QED) is 0.370. The lowest BCUT2D eigenvalue weighted by Gasteiger charge is -2.25. The van der Waals surface area contributed by atoms with Crippen LogP contribution in [0.3, 0.4) is 0 Å². The highest BCUT2D eigenvalue weighted by molar-refractivity contribution is 5.85. The summed E-state index contributed by atoms with van der Waals surface area (Å²) < 4.78 is 40.6. The van der Waals surface area contributed by atoms with Crippen molar-refractivity contribution in [1.82, 2.24) is 19.5 Å². The molecule has 6 nitrogen and oxygen atoms in total. The minimum absolute atomic E-state index is 0.155. The predicted octanol–water partition coefficient (Wildman–Crippen LogP) is 5.81. The van der Waals surface area contributed by atoms with E-state index in [-0.39, 0.29) is 24.6 Å². The second kappa shape index (κ2) is 8.83. The second-order valence-corrected chi connectivity index (χ2v) is 9.76. The zero-order valence-corrected chi connectivity index (χ0v) is 20.5. The van der Waals surface area contributed by atoms with Gasteiger partial charge in [-0.05, 0) is 53.6 Å². The Bertz CT molecular complexity index is 1490. The molecule has 4 aromatic rings. The summed E-state index contributed by atoms with van der Waals surface area (Å²) in [5.41, 5.74) is 3.16. The SMILES string of the molecule is CC(C)c1ncccc1-c1nccc2c1CC(C(=O)O)(c1ccc(-c3nc(C(F)(F)F)cn3C)cc1)C2. The number of fused-ring (bicyclic) bond motifs is 1. The Morgan fingerprint density at radius 3 is 2.41 bits per heavy atom. The van der Waals surface area contributed by atoms with Gasteiger partial charge < -0.3 is 9.67 Å². The summed E-state index contributed by atoms with van der Waals surface area (Å²) in [6.45, 7) is 4.11. The molecule has 1 unspecified atom stereocenters. The van der Waals surface area contributed by atoms with Crippen LogP contribution in [0.15, 0.2) is 61.1 Å². The van der Waals surface area contributed by atoms with Crippen molar-refractivity contribution in [1.29, 1.82) is 0 Å². The van der Waals surface area contributed by atoms with E-state index in [4.69, 9.17) is 0 Å². The topological polar surface area (TPSA) is 80.9 Å². The molecule has 1 aliphatic rings. The maximum atomic E-state index is 13.1. The van der Waals surface area contributed by atoms with Crippen LogP contribution in [0.25, 0.3) is 22.6 Å². The van der Waals surface area contributed by atoms with Crippen LogP contribution in [0.1, 0.15) is 47.8 Å². The molecule has 0 bridgehead atoms. The number of pyridine rings is 2. The third-order valence-corrected chi connectivity index (χ3v) is 7.04. The van der Waals surface area contributed by atoms with E-state index in [1.54, 1.807) is 36.7 Å². The Kier molecular flexibility index (Phi) is 5.89. The van der Waals surface area contributed by atoms with E-state index in [9.17, 15) is 23.1 Å². The number of hydrogen-bond donors (Lipinski definition) is 1. The number of alkyl halides is 3. The van der Waals surface area contributed by atoms with Gasteiger partial charge in [0.05, 0.1) is 11.4 Å². The number of carboxylic acids is 1. The van der Waals surface area contributed by atoms with Crippen molar-refractivity contribution < 1.29 is 23.1 Å². The van der Waals surface area contributed by atoms with Crippen LogP contribution >= 0.6 is 0 Å². The molecule has 3 aromatic heterocycles. The standard InChI is InChI=1S/C28H25F3N4O2/c1-16(2)23-20(5-4-11-32-23)24-21-14-27(26(36)37,13-18(21)10-12-33-24)19-8-6-17(7-9-19)25-34-22(15-35(25)3)28(29,30)31/h4-12,15-16H,13-14H2,1-3H3,(H,36,37). The molecule has 1 aliphatic carbocycles. The predicted molar refractivity (Wildman–Crippen MR) is 132 cm³/mol. The number of imidazole rings is 1. The molecular weight excluding hydrogens is 481 g/mol. The van der Waals surface area contributed by atoms with Gasteiger partial charge in [0.2, 0.25) is 0 Å². The smallest absolute Gasteiger partial charge is 0.434 e. The highest BCUT2D eigenvalue weighted by Crippen LogP contribution is 2.44. The first-order valence-corrected chi connectivity index (χ1v) is 11.9. The van der Waals surface area contributed by atoms with Gasteiger partial charge in [-0.15, -0.1) is 0 Å². The number of halogens is 3. The minimum Gasteiger partial charge on any atom is -0.481 e. The number of rotatable bonds is 5. The molecule has 1 aromatic carbocycles. The van der Waals surface area contributed by atoms with E-state index in [1.807, 2.05) is 18.2 Å². The number of aryl methyl sites for hydroxylation is 1. The molecule has 0 saturated carbocycles. The van der Waals surface area contributed by atoms with Crippen LogP contribution < -0.4 is 0 Å². The molecule has 1 N–H and O–H groups in total. The second-order valence-electron chi connectivity index (χ2n) is 9.76. The Morgan fingerprint density at radius 2 is 1.78 bits per heavy atom. The molecule has 0 radical (unpaired) electrons. The highest BCUT2D eigenvalue weighted by atomic mass is 19.4. The summed E-state index contributed by atoms with van der Waals surface area (Å²) in [6.07, 6.45) is 0.357. The fraction of sp³-hybridized carbons (Fsp3) is 0.286. The van der Waals surface area contributed by atoms with Gasteiger partial charge in [-0.1, -0.05) is 38.1 Å². The van der Waals surface area contributed by atoms with Crippen molar-refractivity contribution in [2.24, 2.45) is 7.05 Å². The van der Waals surface area contributed by atoms with Crippen molar-refractivity contribution in [2.75, 3.05) is 0 Å². The average molecular weight is 507 g/mol. The number of aromatic nitrogens is 4. The van der Waals surface area contributed by atoms with E-state index in [2.05, 4.69) is 28.8 Å². The molecule has 0 aliphatic heterocycles. The van der Waals surface area contributed by atoms with Gasteiger partial charge in [0.15, 0.2) is 5.69 Å². The van der Waals surface area contributed by atoms with Gasteiger partial charge >= 0.3 is 12.1 Å². The van der Waals surface area contributed by atoms with Gasteiger partial charge in [-0.25, -0.2) is 4.98 Å². The zero-order valence-electron chi connectivity index (χ0n) is 20.5. The number of carbonyl (C=O) groups is 1. The van der Waals surface area contributed by atoms with Gasteiger partial charge in [-0.3, -0.25) is 14.8 Å². The molecule has 190 valence electrons. The van der Waals surface area contributed by atoms with Crippen LogP contribution in [0.4, 0.5) is 13.2 Å². The Morgan fingerprint density at radius 1 is 1.05 bits per heavy atom. The van der Waals surface area contributed by atoms with Crippen molar-refractivity contribution in [2.45, 2.75) is 44.2 Å². The first kappa shape index (κ1) is 24.7. The molecule has 9 heteroatoms. The summed E-state index contributed by atoms with van der Waals surface area (Å²) in [5, 5.41) is 10.4. The molecule has 1 atom stereocenters. The largest absolute Gasteiger partial charge is 0.481 e. The molecule has 37 heavy (non-hydrogen) atoms. The van der Waals surface area contributed by atoms with E-state index in [0.717, 1.165) is 34.3 Å². The fourth-order valence-electron chi connectivity index (χ4n) is 5.18. The van der Waals surface area contributed by atoms with E-state index >= 15 is 0 Å². The van der Waals surface area contributed by atoms with Crippen molar-refractivity contribution in [3.63, 3.8) is 0 Å². The van der Waals surface area contributed by atoms with Crippen molar-refractivity contribution in [3.8, 4) is 22.6 Å². The maximum Gasteiger partial charge on any atom is 0.434 e. The third-order valence-electron chi connectivity index (χ3n) is 7.04. The summed E-state index contributed by atoms with van der Waals surface area (Å²) in [5.74, 6) is -0.646. The van der Waals surface area contributed by atoms with Crippen LogP contribution in [-0.2, 0) is 36.3 Å².